The number of pyridine rings is 1. The Morgan fingerprint density at radius 1 is 1.07 bits per heavy atom. The Hall–Kier alpha value is -3.89. The molecule has 0 aliphatic carbocycles. The first-order valence-corrected chi connectivity index (χ1v) is 14.3. The molecule has 1 aromatic heterocycles. The van der Waals surface area contributed by atoms with Crippen molar-refractivity contribution in [2.24, 2.45) is 0 Å². The molecule has 1 amide bonds. The van der Waals surface area contributed by atoms with Crippen molar-refractivity contribution in [3.63, 3.8) is 0 Å². The Balaban J connectivity index is 1.39. The molecular weight excluding hydrogens is 558 g/mol. The number of halogens is 1. The number of morpholine rings is 1. The first-order chi connectivity index (χ1) is 20.5. The molecule has 10 heteroatoms. The van der Waals surface area contributed by atoms with E-state index in [0.29, 0.717) is 53.7 Å². The lowest BCUT2D eigenvalue weighted by Crippen LogP contribution is -2.36. The Kier molecular flexibility index (Phi) is 8.43. The van der Waals surface area contributed by atoms with Crippen LogP contribution in [0.25, 0.3) is 10.9 Å². The monoisotopic (exact) mass is 589 g/mol. The Labute approximate surface area is 248 Å². The lowest BCUT2D eigenvalue weighted by atomic mass is 10.0. The van der Waals surface area contributed by atoms with Crippen LogP contribution in [0.2, 0.25) is 5.02 Å². The first kappa shape index (κ1) is 28.2. The van der Waals surface area contributed by atoms with Crippen molar-refractivity contribution in [1.82, 2.24) is 14.8 Å². The predicted molar refractivity (Wildman–Crippen MR) is 159 cm³/mol. The summed E-state index contributed by atoms with van der Waals surface area (Å²) in [5, 5.41) is 3.97. The zero-order valence-electron chi connectivity index (χ0n) is 23.3. The third kappa shape index (κ3) is 6.00. The van der Waals surface area contributed by atoms with Gasteiger partial charge in [0.15, 0.2) is 6.79 Å². The van der Waals surface area contributed by atoms with Crippen molar-refractivity contribution in [2.45, 2.75) is 25.7 Å². The van der Waals surface area contributed by atoms with E-state index in [1.54, 1.807) is 25.4 Å². The van der Waals surface area contributed by atoms with Gasteiger partial charge in [0, 0.05) is 50.1 Å². The number of rotatable bonds is 9. The maximum Gasteiger partial charge on any atom is 0.257 e. The minimum absolute atomic E-state index is 0.0792. The van der Waals surface area contributed by atoms with Gasteiger partial charge in [-0.25, -0.2) is 0 Å². The summed E-state index contributed by atoms with van der Waals surface area (Å²) in [6, 6.07) is 18.8. The Bertz CT molecular complexity index is 1650. The summed E-state index contributed by atoms with van der Waals surface area (Å²) in [6.07, 6.45) is 1.22. The predicted octanol–water partition coefficient (Wildman–Crippen LogP) is 4.53. The quantitative estimate of drug-likeness (QED) is 0.287. The van der Waals surface area contributed by atoms with Gasteiger partial charge in [0.1, 0.15) is 23.2 Å². The molecule has 1 unspecified atom stereocenters. The second-order valence-corrected chi connectivity index (χ2v) is 10.8. The van der Waals surface area contributed by atoms with Gasteiger partial charge in [0.2, 0.25) is 5.43 Å². The molecule has 0 spiro atoms. The zero-order chi connectivity index (χ0) is 29.1. The molecule has 1 N–H and O–H groups in total. The minimum atomic E-state index is -0.437. The number of hydrogen-bond donors (Lipinski definition) is 1. The van der Waals surface area contributed by atoms with Crippen LogP contribution in [0.4, 0.5) is 0 Å². The van der Waals surface area contributed by atoms with Crippen LogP contribution < -0.4 is 20.2 Å². The summed E-state index contributed by atoms with van der Waals surface area (Å²) in [6.45, 7) is 4.34. The number of para-hydroxylation sites is 1. The highest BCUT2D eigenvalue weighted by Gasteiger charge is 2.29. The van der Waals surface area contributed by atoms with E-state index in [-0.39, 0.29) is 24.3 Å². The van der Waals surface area contributed by atoms with Crippen molar-refractivity contribution in [1.29, 1.82) is 0 Å². The highest BCUT2D eigenvalue weighted by atomic mass is 35.5. The van der Waals surface area contributed by atoms with Gasteiger partial charge < -0.3 is 28.8 Å². The maximum atomic E-state index is 13.8. The summed E-state index contributed by atoms with van der Waals surface area (Å²) < 4.78 is 25.0. The van der Waals surface area contributed by atoms with Crippen LogP contribution in [0.5, 0.6) is 11.5 Å². The molecule has 218 valence electrons. The first-order valence-electron chi connectivity index (χ1n) is 13.9. The summed E-state index contributed by atoms with van der Waals surface area (Å²) in [5.41, 5.74) is 3.09. The second kappa shape index (κ2) is 12.5. The molecule has 9 nitrogen and oxygen atoms in total. The van der Waals surface area contributed by atoms with Gasteiger partial charge in [-0.15, -0.1) is 0 Å². The number of amides is 1. The van der Waals surface area contributed by atoms with Crippen molar-refractivity contribution >= 4 is 28.4 Å². The summed E-state index contributed by atoms with van der Waals surface area (Å²) in [4.78, 5) is 29.5. The topological polar surface area (TPSA) is 91.3 Å². The molecule has 3 aromatic carbocycles. The zero-order valence-corrected chi connectivity index (χ0v) is 24.1. The van der Waals surface area contributed by atoms with Gasteiger partial charge in [-0.05, 0) is 41.5 Å². The Morgan fingerprint density at radius 3 is 2.64 bits per heavy atom. The number of carbonyl (C=O) groups is 1. The molecule has 1 saturated heterocycles. The molecule has 1 fully saturated rings. The van der Waals surface area contributed by atoms with Gasteiger partial charge in [0.05, 0.1) is 30.7 Å². The molecule has 0 radical (unpaired) electrons. The molecule has 2 aliphatic rings. The number of hydrogen-bond acceptors (Lipinski definition) is 7. The SMILES string of the molecule is COCOc1ccccc1C1Cn2cc(C(=O)NCc3ccc(Cl)cc3)c(=O)c3cc(CN4CCOCC4)cc(c32)O1. The van der Waals surface area contributed by atoms with Gasteiger partial charge in [-0.2, -0.15) is 0 Å². The van der Waals surface area contributed by atoms with Gasteiger partial charge in [-0.3, -0.25) is 14.5 Å². The van der Waals surface area contributed by atoms with Crippen molar-refractivity contribution < 1.29 is 23.7 Å². The third-order valence-electron chi connectivity index (χ3n) is 7.55. The molecule has 6 rings (SSSR count). The van der Waals surface area contributed by atoms with Crippen LogP contribution in [-0.2, 0) is 29.1 Å². The van der Waals surface area contributed by atoms with Crippen LogP contribution in [0.3, 0.4) is 0 Å². The van der Waals surface area contributed by atoms with E-state index in [9.17, 15) is 9.59 Å². The molecule has 0 bridgehead atoms. The molecule has 0 saturated carbocycles. The van der Waals surface area contributed by atoms with Crippen LogP contribution in [0.1, 0.15) is 33.2 Å². The van der Waals surface area contributed by atoms with Crippen molar-refractivity contribution in [2.75, 3.05) is 40.2 Å². The lowest BCUT2D eigenvalue weighted by Gasteiger charge is -2.31. The number of carbonyl (C=O) groups excluding carboxylic acids is 1. The number of ether oxygens (including phenoxy) is 4. The van der Waals surface area contributed by atoms with Crippen molar-refractivity contribution in [3.8, 4) is 11.5 Å². The standard InChI is InChI=1S/C32H32ClN3O6/c1-39-20-41-27-5-3-2-4-24(27)29-19-36-18-26(32(38)34-16-21-6-8-23(33)9-7-21)31(37)25-14-22(15-28(42-29)30(25)36)17-35-10-12-40-13-11-35/h2-9,14-15,18,29H,10-13,16-17,19-20H2,1H3,(H,34,38). The van der Waals surface area contributed by atoms with E-state index >= 15 is 0 Å². The average Bonchev–Trinajstić information content (AvgIpc) is 3.01. The van der Waals surface area contributed by atoms with Crippen molar-refractivity contribution in [3.05, 3.63) is 104 Å². The number of methoxy groups -OCH3 is 1. The smallest absolute Gasteiger partial charge is 0.257 e. The molecule has 3 heterocycles. The Morgan fingerprint density at radius 2 is 1.86 bits per heavy atom. The fourth-order valence-corrected chi connectivity index (χ4v) is 5.60. The third-order valence-corrected chi connectivity index (χ3v) is 7.80. The highest BCUT2D eigenvalue weighted by Crippen LogP contribution is 2.39. The summed E-state index contributed by atoms with van der Waals surface area (Å²) in [7, 11) is 1.57. The fourth-order valence-electron chi connectivity index (χ4n) is 5.47. The van der Waals surface area contributed by atoms with Crippen LogP contribution >= 0.6 is 11.6 Å². The summed E-state index contributed by atoms with van der Waals surface area (Å²) in [5.74, 6) is 0.807. The van der Waals surface area contributed by atoms with E-state index in [0.717, 1.165) is 29.8 Å². The number of aromatic nitrogens is 1. The van der Waals surface area contributed by atoms with Crippen LogP contribution in [-0.4, -0.2) is 55.6 Å². The van der Waals surface area contributed by atoms with Gasteiger partial charge in [0.25, 0.3) is 5.91 Å². The van der Waals surface area contributed by atoms with E-state index in [2.05, 4.69) is 10.2 Å². The van der Waals surface area contributed by atoms with E-state index in [1.165, 1.54) is 0 Å². The van der Waals surface area contributed by atoms with E-state index < -0.39 is 12.0 Å². The number of nitrogens with one attached hydrogen (secondary N) is 1. The molecule has 2 aliphatic heterocycles. The summed E-state index contributed by atoms with van der Waals surface area (Å²) >= 11 is 6.00. The number of benzene rings is 3. The maximum absolute atomic E-state index is 13.8. The fraction of sp³-hybridized carbons (Fsp3) is 0.312. The number of nitrogens with zero attached hydrogens (tertiary/aromatic N) is 2. The highest BCUT2D eigenvalue weighted by molar-refractivity contribution is 6.30. The molecule has 1 atom stereocenters. The van der Waals surface area contributed by atoms with E-state index in [1.807, 2.05) is 53.1 Å². The molecule has 4 aromatic rings. The normalized spacial score (nSPS) is 16.7. The minimum Gasteiger partial charge on any atom is -0.481 e. The van der Waals surface area contributed by atoms with Gasteiger partial charge in [-0.1, -0.05) is 41.9 Å². The van der Waals surface area contributed by atoms with Crippen LogP contribution in [0.15, 0.2) is 71.7 Å². The van der Waals surface area contributed by atoms with Gasteiger partial charge >= 0.3 is 0 Å². The van der Waals surface area contributed by atoms with Crippen LogP contribution in [0, 0.1) is 0 Å². The van der Waals surface area contributed by atoms with E-state index in [4.69, 9.17) is 30.5 Å². The second-order valence-electron chi connectivity index (χ2n) is 10.4. The molecular formula is C32H32ClN3O6. The largest absolute Gasteiger partial charge is 0.481 e. The average molecular weight is 590 g/mol. The molecule has 42 heavy (non-hydrogen) atoms. The lowest BCUT2D eigenvalue weighted by molar-refractivity contribution is 0.0341.